The Morgan fingerprint density at radius 1 is 0.839 bits per heavy atom. The molecule has 1 saturated carbocycles. The van der Waals surface area contributed by atoms with E-state index in [9.17, 15) is 4.39 Å². The Morgan fingerprint density at radius 3 is 2.10 bits per heavy atom. The molecule has 0 N–H and O–H groups in total. The van der Waals surface area contributed by atoms with Crippen molar-refractivity contribution in [3.63, 3.8) is 0 Å². The molecule has 0 saturated heterocycles. The number of nitrogens with zero attached hydrogens (tertiary/aromatic N) is 1. The van der Waals surface area contributed by atoms with Gasteiger partial charge in [-0.15, -0.1) is 0 Å². The second-order valence-electron chi connectivity index (χ2n) is 8.87. The van der Waals surface area contributed by atoms with Gasteiger partial charge in [0.25, 0.3) is 0 Å². The normalized spacial score (nSPS) is 18.5. The number of rotatable bonds is 6. The summed E-state index contributed by atoms with van der Waals surface area (Å²) in [5.74, 6) is 1.44. The Morgan fingerprint density at radius 2 is 1.48 bits per heavy atom. The summed E-state index contributed by atoms with van der Waals surface area (Å²) in [6, 6.07) is 23.8. The van der Waals surface area contributed by atoms with Crippen LogP contribution in [0.3, 0.4) is 0 Å². The van der Waals surface area contributed by atoms with Crippen molar-refractivity contribution in [2.45, 2.75) is 57.8 Å². The largest absolute Gasteiger partial charge is 0.206 e. The molecule has 0 atom stereocenters. The van der Waals surface area contributed by atoms with Crippen LogP contribution in [-0.4, -0.2) is 0 Å². The number of nitriles is 1. The first kappa shape index (κ1) is 21.3. The fourth-order valence-electron chi connectivity index (χ4n) is 4.82. The molecule has 0 radical (unpaired) electrons. The lowest BCUT2D eigenvalue weighted by Gasteiger charge is -2.28. The third-order valence-corrected chi connectivity index (χ3v) is 6.94. The van der Waals surface area contributed by atoms with Gasteiger partial charge in [0.05, 0.1) is 11.6 Å². The minimum absolute atomic E-state index is 0.208. The van der Waals surface area contributed by atoms with Crippen LogP contribution >= 0.6 is 0 Å². The monoisotopic (exact) mass is 411 g/mol. The van der Waals surface area contributed by atoms with Crippen LogP contribution in [0.4, 0.5) is 4.39 Å². The zero-order chi connectivity index (χ0) is 21.6. The Hall–Kier alpha value is -2.92. The summed E-state index contributed by atoms with van der Waals surface area (Å²) in [6.07, 6.45) is 8.44. The quantitative estimate of drug-likeness (QED) is 0.405. The molecule has 0 aromatic heterocycles. The molecule has 1 fully saturated rings. The SMILES string of the molecule is CC[C@H]1CC[C@H](c2ccc(CCc3ccc(-c4ccc(C#N)cc4)c(F)c3)cc2)CC1. The van der Waals surface area contributed by atoms with E-state index in [-0.39, 0.29) is 5.82 Å². The van der Waals surface area contributed by atoms with Gasteiger partial charge in [0.1, 0.15) is 5.82 Å². The van der Waals surface area contributed by atoms with Crippen LogP contribution in [-0.2, 0) is 12.8 Å². The maximum absolute atomic E-state index is 14.7. The van der Waals surface area contributed by atoms with E-state index in [0.29, 0.717) is 11.1 Å². The molecule has 158 valence electrons. The molecule has 1 aliphatic carbocycles. The molecular weight excluding hydrogens is 381 g/mol. The molecule has 1 aliphatic rings. The smallest absolute Gasteiger partial charge is 0.131 e. The average Bonchev–Trinajstić information content (AvgIpc) is 2.83. The van der Waals surface area contributed by atoms with Crippen LogP contribution in [0.5, 0.6) is 0 Å². The van der Waals surface area contributed by atoms with Gasteiger partial charge in [0, 0.05) is 5.56 Å². The third kappa shape index (κ3) is 5.23. The number of hydrogen-bond acceptors (Lipinski definition) is 1. The number of aryl methyl sites for hydroxylation is 2. The zero-order valence-corrected chi connectivity index (χ0v) is 18.3. The molecule has 31 heavy (non-hydrogen) atoms. The Balaban J connectivity index is 1.36. The average molecular weight is 412 g/mol. The van der Waals surface area contributed by atoms with Crippen molar-refractivity contribution in [1.29, 1.82) is 5.26 Å². The lowest BCUT2D eigenvalue weighted by Crippen LogP contribution is -2.12. The van der Waals surface area contributed by atoms with Gasteiger partial charge in [-0.2, -0.15) is 5.26 Å². The van der Waals surface area contributed by atoms with Gasteiger partial charge < -0.3 is 0 Å². The summed E-state index contributed by atoms with van der Waals surface area (Å²) < 4.78 is 14.7. The Labute approximate surface area is 185 Å². The topological polar surface area (TPSA) is 23.8 Å². The van der Waals surface area contributed by atoms with E-state index in [1.165, 1.54) is 43.2 Å². The molecular formula is C29H30FN. The maximum atomic E-state index is 14.7. The van der Waals surface area contributed by atoms with Crippen molar-refractivity contribution in [1.82, 2.24) is 0 Å². The van der Waals surface area contributed by atoms with Crippen LogP contribution in [0.15, 0.2) is 66.7 Å². The molecule has 2 heteroatoms. The highest BCUT2D eigenvalue weighted by Crippen LogP contribution is 2.37. The van der Waals surface area contributed by atoms with E-state index in [1.807, 2.05) is 12.1 Å². The fourth-order valence-corrected chi connectivity index (χ4v) is 4.82. The van der Waals surface area contributed by atoms with Crippen LogP contribution in [0, 0.1) is 23.1 Å². The third-order valence-electron chi connectivity index (χ3n) is 6.94. The van der Waals surface area contributed by atoms with Gasteiger partial charge in [-0.1, -0.05) is 61.9 Å². The lowest BCUT2D eigenvalue weighted by atomic mass is 9.78. The molecule has 3 aromatic rings. The van der Waals surface area contributed by atoms with Gasteiger partial charge in [-0.05, 0) is 90.8 Å². The van der Waals surface area contributed by atoms with Crippen molar-refractivity contribution in [3.05, 3.63) is 94.8 Å². The summed E-state index contributed by atoms with van der Waals surface area (Å²) >= 11 is 0. The molecule has 4 rings (SSSR count). The predicted octanol–water partition coefficient (Wildman–Crippen LogP) is 7.83. The van der Waals surface area contributed by atoms with Crippen molar-refractivity contribution in [2.75, 3.05) is 0 Å². The Kier molecular flexibility index (Phi) is 6.82. The minimum Gasteiger partial charge on any atom is -0.206 e. The van der Waals surface area contributed by atoms with E-state index >= 15 is 0 Å². The molecule has 1 nitrogen and oxygen atoms in total. The summed E-state index contributed by atoms with van der Waals surface area (Å²) in [4.78, 5) is 0. The number of benzene rings is 3. The Bertz CT molecular complexity index is 1040. The second kappa shape index (κ2) is 9.92. The van der Waals surface area contributed by atoms with Crippen molar-refractivity contribution in [2.24, 2.45) is 5.92 Å². The van der Waals surface area contributed by atoms with Crippen molar-refractivity contribution in [3.8, 4) is 17.2 Å². The van der Waals surface area contributed by atoms with Gasteiger partial charge in [-0.25, -0.2) is 4.39 Å². The summed E-state index contributed by atoms with van der Waals surface area (Å²) in [6.45, 7) is 2.31. The molecule has 3 aromatic carbocycles. The molecule has 0 amide bonds. The van der Waals surface area contributed by atoms with E-state index in [2.05, 4.69) is 37.3 Å². The van der Waals surface area contributed by atoms with Crippen LogP contribution in [0.1, 0.15) is 67.2 Å². The van der Waals surface area contributed by atoms with E-state index in [0.717, 1.165) is 35.8 Å². The number of halogens is 1. The second-order valence-corrected chi connectivity index (χ2v) is 8.87. The molecule has 0 spiro atoms. The van der Waals surface area contributed by atoms with E-state index in [1.54, 1.807) is 30.3 Å². The standard InChI is InChI=1S/C29H30FN/c1-2-21-5-12-25(13-6-21)26-14-7-22(8-15-26)3-4-23-11-18-28(29(30)19-23)27-16-9-24(20-31)10-17-27/h7-11,14-19,21,25H,2-6,12-13H2,1H3/t21-,25-. The van der Waals surface area contributed by atoms with E-state index < -0.39 is 0 Å². The summed E-state index contributed by atoms with van der Waals surface area (Å²) in [5, 5.41) is 8.92. The molecule has 0 unspecified atom stereocenters. The van der Waals surface area contributed by atoms with Crippen molar-refractivity contribution < 1.29 is 4.39 Å². The first-order valence-corrected chi connectivity index (χ1v) is 11.5. The highest BCUT2D eigenvalue weighted by Gasteiger charge is 2.21. The summed E-state index contributed by atoms with van der Waals surface area (Å²) in [5.41, 5.74) is 5.76. The molecule has 0 heterocycles. The molecule has 0 aliphatic heterocycles. The van der Waals surface area contributed by atoms with Gasteiger partial charge in [0.2, 0.25) is 0 Å². The van der Waals surface area contributed by atoms with E-state index in [4.69, 9.17) is 5.26 Å². The van der Waals surface area contributed by atoms with Gasteiger partial charge in [0.15, 0.2) is 0 Å². The lowest BCUT2D eigenvalue weighted by molar-refractivity contribution is 0.319. The van der Waals surface area contributed by atoms with Crippen molar-refractivity contribution >= 4 is 0 Å². The first-order chi connectivity index (χ1) is 15.2. The zero-order valence-electron chi connectivity index (χ0n) is 18.3. The minimum atomic E-state index is -0.208. The number of hydrogen-bond donors (Lipinski definition) is 0. The molecule has 0 bridgehead atoms. The highest BCUT2D eigenvalue weighted by molar-refractivity contribution is 5.65. The maximum Gasteiger partial charge on any atom is 0.131 e. The van der Waals surface area contributed by atoms with Crippen LogP contribution in [0.2, 0.25) is 0 Å². The van der Waals surface area contributed by atoms with Gasteiger partial charge >= 0.3 is 0 Å². The first-order valence-electron chi connectivity index (χ1n) is 11.5. The van der Waals surface area contributed by atoms with Gasteiger partial charge in [-0.3, -0.25) is 0 Å². The highest BCUT2D eigenvalue weighted by atomic mass is 19.1. The predicted molar refractivity (Wildman–Crippen MR) is 125 cm³/mol. The fraction of sp³-hybridized carbons (Fsp3) is 0.345. The van der Waals surface area contributed by atoms with Crippen LogP contribution in [0.25, 0.3) is 11.1 Å². The van der Waals surface area contributed by atoms with Crippen LogP contribution < -0.4 is 0 Å². The summed E-state index contributed by atoms with van der Waals surface area (Å²) in [7, 11) is 0.